The third-order valence-corrected chi connectivity index (χ3v) is 4.30. The first kappa shape index (κ1) is 16.0. The van der Waals surface area contributed by atoms with E-state index in [0.717, 1.165) is 18.4 Å². The molecule has 0 aliphatic heterocycles. The van der Waals surface area contributed by atoms with Crippen LogP contribution in [0.1, 0.15) is 44.6 Å². The molecular weight excluding hydrogens is 269 g/mol. The zero-order chi connectivity index (χ0) is 15.2. The molecule has 1 aliphatic carbocycles. The number of carbonyl (C=O) groups is 1. The maximum atomic E-state index is 13.3. The number of nitrogens with zero attached hydrogens (tertiary/aromatic N) is 1. The first-order chi connectivity index (χ1) is 10.1. The standard InChI is InChI=1S/C17H24FNO2/c1-13(17(20)21)11-19(16-8-3-2-4-9-16)12-14-6-5-7-15(18)10-14/h5-7,10,13,16H,2-4,8-9,11-12H2,1H3,(H,20,21). The molecule has 0 radical (unpaired) electrons. The molecule has 0 saturated heterocycles. The van der Waals surface area contributed by atoms with Gasteiger partial charge >= 0.3 is 5.97 Å². The molecule has 0 amide bonds. The lowest BCUT2D eigenvalue weighted by molar-refractivity contribution is -0.142. The average Bonchev–Trinajstić information content (AvgIpc) is 2.47. The Bertz CT molecular complexity index is 472. The van der Waals surface area contributed by atoms with Crippen LogP contribution in [0.5, 0.6) is 0 Å². The van der Waals surface area contributed by atoms with Crippen molar-refractivity contribution in [1.82, 2.24) is 4.90 Å². The third kappa shape index (κ3) is 4.81. The highest BCUT2D eigenvalue weighted by Gasteiger charge is 2.25. The highest BCUT2D eigenvalue weighted by atomic mass is 19.1. The summed E-state index contributed by atoms with van der Waals surface area (Å²) in [6, 6.07) is 7.02. The lowest BCUT2D eigenvalue weighted by Crippen LogP contribution is -2.40. The Hall–Kier alpha value is -1.42. The minimum absolute atomic E-state index is 0.234. The second-order valence-electron chi connectivity index (χ2n) is 6.09. The van der Waals surface area contributed by atoms with E-state index in [1.54, 1.807) is 19.1 Å². The molecule has 21 heavy (non-hydrogen) atoms. The summed E-state index contributed by atoms with van der Waals surface area (Å²) >= 11 is 0. The summed E-state index contributed by atoms with van der Waals surface area (Å²) in [7, 11) is 0. The summed E-state index contributed by atoms with van der Waals surface area (Å²) in [5.41, 5.74) is 0.915. The van der Waals surface area contributed by atoms with E-state index in [1.807, 2.05) is 6.07 Å². The predicted molar refractivity (Wildman–Crippen MR) is 80.5 cm³/mol. The fourth-order valence-corrected chi connectivity index (χ4v) is 3.09. The van der Waals surface area contributed by atoms with Crippen molar-refractivity contribution in [2.75, 3.05) is 6.54 Å². The molecule has 0 spiro atoms. The number of carboxylic acid groups (broad SMARTS) is 1. The molecule has 1 N–H and O–H groups in total. The van der Waals surface area contributed by atoms with Gasteiger partial charge in [-0.3, -0.25) is 9.69 Å². The minimum atomic E-state index is -0.768. The van der Waals surface area contributed by atoms with Crippen molar-refractivity contribution in [3.63, 3.8) is 0 Å². The van der Waals surface area contributed by atoms with Gasteiger partial charge in [0.2, 0.25) is 0 Å². The van der Waals surface area contributed by atoms with E-state index in [9.17, 15) is 9.18 Å². The largest absolute Gasteiger partial charge is 0.481 e. The minimum Gasteiger partial charge on any atom is -0.481 e. The molecule has 0 heterocycles. The van der Waals surface area contributed by atoms with Gasteiger partial charge in [0.25, 0.3) is 0 Å². The van der Waals surface area contributed by atoms with Crippen molar-refractivity contribution >= 4 is 5.97 Å². The normalized spacial score (nSPS) is 17.9. The van der Waals surface area contributed by atoms with Gasteiger partial charge in [-0.15, -0.1) is 0 Å². The molecule has 116 valence electrons. The summed E-state index contributed by atoms with van der Waals surface area (Å²) in [5, 5.41) is 9.15. The molecule has 4 heteroatoms. The Morgan fingerprint density at radius 3 is 2.71 bits per heavy atom. The van der Waals surface area contributed by atoms with Gasteiger partial charge in [0, 0.05) is 19.1 Å². The van der Waals surface area contributed by atoms with E-state index >= 15 is 0 Å². The Labute approximate surface area is 125 Å². The molecular formula is C17H24FNO2. The molecule has 0 bridgehead atoms. The second-order valence-corrected chi connectivity index (χ2v) is 6.09. The van der Waals surface area contributed by atoms with Gasteiger partial charge in [-0.1, -0.05) is 38.3 Å². The highest BCUT2D eigenvalue weighted by Crippen LogP contribution is 2.25. The molecule has 1 atom stereocenters. The van der Waals surface area contributed by atoms with E-state index in [0.29, 0.717) is 19.1 Å². The number of hydrogen-bond donors (Lipinski definition) is 1. The van der Waals surface area contributed by atoms with Gasteiger partial charge in [0.15, 0.2) is 0 Å². The molecule has 0 aromatic heterocycles. The highest BCUT2D eigenvalue weighted by molar-refractivity contribution is 5.69. The first-order valence-electron chi connectivity index (χ1n) is 7.77. The van der Waals surface area contributed by atoms with Crippen LogP contribution in [0.25, 0.3) is 0 Å². The Morgan fingerprint density at radius 2 is 2.10 bits per heavy atom. The number of benzene rings is 1. The van der Waals surface area contributed by atoms with Gasteiger partial charge in [0.1, 0.15) is 5.82 Å². The number of halogens is 1. The average molecular weight is 293 g/mol. The van der Waals surface area contributed by atoms with Gasteiger partial charge < -0.3 is 5.11 Å². The summed E-state index contributed by atoms with van der Waals surface area (Å²) in [6.07, 6.45) is 5.89. The zero-order valence-electron chi connectivity index (χ0n) is 12.6. The number of hydrogen-bond acceptors (Lipinski definition) is 2. The maximum absolute atomic E-state index is 13.3. The molecule has 1 fully saturated rings. The van der Waals surface area contributed by atoms with E-state index in [1.165, 1.54) is 25.3 Å². The van der Waals surface area contributed by atoms with Crippen molar-refractivity contribution in [2.45, 2.75) is 51.6 Å². The quantitative estimate of drug-likeness (QED) is 0.869. The van der Waals surface area contributed by atoms with Crippen molar-refractivity contribution in [3.05, 3.63) is 35.6 Å². The molecule has 1 unspecified atom stereocenters. The monoisotopic (exact) mass is 293 g/mol. The van der Waals surface area contributed by atoms with Crippen molar-refractivity contribution in [1.29, 1.82) is 0 Å². The Morgan fingerprint density at radius 1 is 1.38 bits per heavy atom. The molecule has 2 rings (SSSR count). The van der Waals surface area contributed by atoms with Crippen molar-refractivity contribution in [2.24, 2.45) is 5.92 Å². The lowest BCUT2D eigenvalue weighted by atomic mass is 9.93. The molecule has 1 aromatic rings. The molecule has 1 aliphatic rings. The molecule has 1 aromatic carbocycles. The number of rotatable bonds is 6. The lowest BCUT2D eigenvalue weighted by Gasteiger charge is -2.35. The predicted octanol–water partition coefficient (Wildman–Crippen LogP) is 3.68. The van der Waals surface area contributed by atoms with Crippen LogP contribution in [-0.4, -0.2) is 28.6 Å². The van der Waals surface area contributed by atoms with Crippen LogP contribution in [0.15, 0.2) is 24.3 Å². The van der Waals surface area contributed by atoms with Crippen LogP contribution in [-0.2, 0) is 11.3 Å². The zero-order valence-corrected chi connectivity index (χ0v) is 12.6. The Kier molecular flexibility index (Phi) is 5.74. The van der Waals surface area contributed by atoms with E-state index < -0.39 is 11.9 Å². The van der Waals surface area contributed by atoms with Gasteiger partial charge in [0.05, 0.1) is 5.92 Å². The van der Waals surface area contributed by atoms with Gasteiger partial charge in [-0.2, -0.15) is 0 Å². The van der Waals surface area contributed by atoms with Crippen LogP contribution in [0.4, 0.5) is 4.39 Å². The molecule has 3 nitrogen and oxygen atoms in total. The van der Waals surface area contributed by atoms with E-state index in [2.05, 4.69) is 4.90 Å². The first-order valence-corrected chi connectivity index (χ1v) is 7.77. The van der Waals surface area contributed by atoms with Crippen LogP contribution in [0.3, 0.4) is 0 Å². The fourth-order valence-electron chi connectivity index (χ4n) is 3.09. The Balaban J connectivity index is 2.08. The van der Waals surface area contributed by atoms with Crippen LogP contribution >= 0.6 is 0 Å². The van der Waals surface area contributed by atoms with Crippen molar-refractivity contribution < 1.29 is 14.3 Å². The van der Waals surface area contributed by atoms with Gasteiger partial charge in [-0.25, -0.2) is 4.39 Å². The molecule has 1 saturated carbocycles. The van der Waals surface area contributed by atoms with Gasteiger partial charge in [-0.05, 0) is 30.5 Å². The number of aliphatic carboxylic acids is 1. The summed E-state index contributed by atoms with van der Waals surface area (Å²) in [4.78, 5) is 13.4. The summed E-state index contributed by atoms with van der Waals surface area (Å²) < 4.78 is 13.3. The van der Waals surface area contributed by atoms with Crippen LogP contribution < -0.4 is 0 Å². The summed E-state index contributed by atoms with van der Waals surface area (Å²) in [5.74, 6) is -1.40. The number of carboxylic acids is 1. The van der Waals surface area contributed by atoms with Crippen molar-refractivity contribution in [3.8, 4) is 0 Å². The van der Waals surface area contributed by atoms with E-state index in [-0.39, 0.29) is 5.82 Å². The van der Waals surface area contributed by atoms with Crippen LogP contribution in [0.2, 0.25) is 0 Å². The van der Waals surface area contributed by atoms with Crippen LogP contribution in [0, 0.1) is 11.7 Å². The van der Waals surface area contributed by atoms with E-state index in [4.69, 9.17) is 5.11 Å². The third-order valence-electron chi connectivity index (χ3n) is 4.30. The SMILES string of the molecule is CC(CN(Cc1cccc(F)c1)C1CCCCC1)C(=O)O. The second kappa shape index (κ2) is 7.55. The summed E-state index contributed by atoms with van der Waals surface area (Å²) in [6.45, 7) is 2.89. The fraction of sp³-hybridized carbons (Fsp3) is 0.588. The topological polar surface area (TPSA) is 40.5 Å². The smallest absolute Gasteiger partial charge is 0.307 e. The maximum Gasteiger partial charge on any atom is 0.307 e.